The number of fused-ring (bicyclic) bond motifs is 2. The van der Waals surface area contributed by atoms with Crippen molar-refractivity contribution in [3.8, 4) is 5.75 Å². The summed E-state index contributed by atoms with van der Waals surface area (Å²) in [6, 6.07) is 8.84. The Morgan fingerprint density at radius 3 is 2.85 bits per heavy atom. The van der Waals surface area contributed by atoms with Crippen LogP contribution in [-0.2, 0) is 11.3 Å². The molecule has 2 saturated heterocycles. The number of hydrogen-bond acceptors (Lipinski definition) is 3. The first-order valence-corrected chi connectivity index (χ1v) is 7.32. The van der Waals surface area contributed by atoms with Crippen LogP contribution in [0, 0.1) is 5.92 Å². The average Bonchev–Trinajstić information content (AvgIpc) is 3.09. The number of methoxy groups -OCH3 is 1. The molecule has 0 spiro atoms. The molecule has 2 aliphatic heterocycles. The number of para-hydroxylation sites is 1. The van der Waals surface area contributed by atoms with Crippen LogP contribution in [0.1, 0.15) is 24.8 Å². The van der Waals surface area contributed by atoms with Crippen LogP contribution in [0.2, 0.25) is 0 Å². The maximum Gasteiger partial charge on any atom is 0.227 e. The minimum Gasteiger partial charge on any atom is -0.496 e. The van der Waals surface area contributed by atoms with Crippen molar-refractivity contribution in [1.82, 2.24) is 10.2 Å². The van der Waals surface area contributed by atoms with Crippen molar-refractivity contribution >= 4 is 5.91 Å². The third-order valence-corrected chi connectivity index (χ3v) is 4.59. The van der Waals surface area contributed by atoms with E-state index < -0.39 is 0 Å². The second-order valence-corrected chi connectivity index (χ2v) is 5.90. The van der Waals surface area contributed by atoms with E-state index in [1.165, 1.54) is 6.42 Å². The van der Waals surface area contributed by atoms with Crippen LogP contribution < -0.4 is 10.1 Å². The van der Waals surface area contributed by atoms with Crippen molar-refractivity contribution < 1.29 is 9.53 Å². The molecule has 1 aromatic rings. The zero-order valence-corrected chi connectivity index (χ0v) is 12.1. The maximum atomic E-state index is 12.6. The van der Waals surface area contributed by atoms with Crippen LogP contribution in [0.5, 0.6) is 5.75 Å². The molecule has 3 rings (SSSR count). The smallest absolute Gasteiger partial charge is 0.227 e. The summed E-state index contributed by atoms with van der Waals surface area (Å²) in [5.74, 6) is 1.27. The lowest BCUT2D eigenvalue weighted by molar-refractivity contribution is -0.135. The first-order valence-electron chi connectivity index (χ1n) is 7.32. The van der Waals surface area contributed by atoms with Crippen molar-refractivity contribution in [3.63, 3.8) is 0 Å². The van der Waals surface area contributed by atoms with Crippen molar-refractivity contribution in [2.75, 3.05) is 14.2 Å². The van der Waals surface area contributed by atoms with Crippen molar-refractivity contribution in [1.29, 1.82) is 0 Å². The van der Waals surface area contributed by atoms with E-state index in [4.69, 9.17) is 4.74 Å². The number of nitrogens with one attached hydrogen (secondary N) is 1. The summed E-state index contributed by atoms with van der Waals surface area (Å²) in [4.78, 5) is 14.4. The highest BCUT2D eigenvalue weighted by atomic mass is 16.5. The predicted molar refractivity (Wildman–Crippen MR) is 77.5 cm³/mol. The molecule has 0 aromatic heterocycles. The minimum absolute atomic E-state index is 0.161. The van der Waals surface area contributed by atoms with Crippen molar-refractivity contribution in [3.05, 3.63) is 29.8 Å². The van der Waals surface area contributed by atoms with E-state index in [-0.39, 0.29) is 11.8 Å². The zero-order chi connectivity index (χ0) is 14.1. The normalized spacial score (nSPS) is 27.6. The highest BCUT2D eigenvalue weighted by Gasteiger charge is 2.43. The first kappa shape index (κ1) is 13.4. The van der Waals surface area contributed by atoms with Gasteiger partial charge in [0.05, 0.1) is 13.0 Å². The van der Waals surface area contributed by atoms with Crippen LogP contribution >= 0.6 is 0 Å². The molecule has 1 N–H and O–H groups in total. The van der Waals surface area contributed by atoms with E-state index in [0.29, 0.717) is 18.6 Å². The van der Waals surface area contributed by atoms with E-state index in [1.54, 1.807) is 7.11 Å². The van der Waals surface area contributed by atoms with E-state index in [1.807, 2.05) is 36.2 Å². The van der Waals surface area contributed by atoms with E-state index in [2.05, 4.69) is 5.32 Å². The quantitative estimate of drug-likeness (QED) is 0.910. The lowest BCUT2D eigenvalue weighted by Gasteiger charge is -2.26. The fourth-order valence-corrected chi connectivity index (χ4v) is 3.55. The molecule has 2 aliphatic rings. The molecule has 3 atom stereocenters. The minimum atomic E-state index is 0.161. The number of amides is 1. The lowest BCUT2D eigenvalue weighted by Crippen LogP contribution is -2.38. The van der Waals surface area contributed by atoms with Crippen molar-refractivity contribution in [2.45, 2.75) is 37.9 Å². The molecule has 2 heterocycles. The van der Waals surface area contributed by atoms with Gasteiger partial charge in [0, 0.05) is 31.2 Å². The van der Waals surface area contributed by atoms with Gasteiger partial charge in [0.25, 0.3) is 0 Å². The van der Waals surface area contributed by atoms with E-state index in [0.717, 1.165) is 24.2 Å². The van der Waals surface area contributed by atoms with Gasteiger partial charge >= 0.3 is 0 Å². The van der Waals surface area contributed by atoms with Gasteiger partial charge in [0.15, 0.2) is 0 Å². The Bertz CT molecular complexity index is 503. The second-order valence-electron chi connectivity index (χ2n) is 5.90. The molecule has 2 bridgehead atoms. The standard InChI is InChI=1S/C16H22N2O2/c1-18(10-11-5-3-4-6-15(11)20-2)16(19)13-9-12-7-8-14(13)17-12/h3-6,12-14,17H,7-10H2,1-2H3. The summed E-state index contributed by atoms with van der Waals surface area (Å²) in [5.41, 5.74) is 1.06. The molecule has 2 fully saturated rings. The van der Waals surface area contributed by atoms with E-state index in [9.17, 15) is 4.79 Å². The SMILES string of the molecule is COc1ccccc1CN(C)C(=O)C1CC2CCC1N2. The zero-order valence-electron chi connectivity index (χ0n) is 12.1. The summed E-state index contributed by atoms with van der Waals surface area (Å²) in [6.45, 7) is 0.608. The fourth-order valence-electron chi connectivity index (χ4n) is 3.55. The maximum absolute atomic E-state index is 12.6. The van der Waals surface area contributed by atoms with Crippen LogP contribution in [0.4, 0.5) is 0 Å². The van der Waals surface area contributed by atoms with E-state index >= 15 is 0 Å². The van der Waals surface area contributed by atoms with Crippen LogP contribution in [0.15, 0.2) is 24.3 Å². The summed E-state index contributed by atoms with van der Waals surface area (Å²) >= 11 is 0. The van der Waals surface area contributed by atoms with Gasteiger partial charge in [-0.1, -0.05) is 18.2 Å². The van der Waals surface area contributed by atoms with Gasteiger partial charge in [-0.2, -0.15) is 0 Å². The third kappa shape index (κ3) is 2.40. The summed E-state index contributed by atoms with van der Waals surface area (Å²) in [7, 11) is 3.56. The molecule has 4 nitrogen and oxygen atoms in total. The summed E-state index contributed by atoms with van der Waals surface area (Å²) in [6.07, 6.45) is 3.37. The second kappa shape index (κ2) is 5.44. The predicted octanol–water partition coefficient (Wildman–Crippen LogP) is 1.79. The van der Waals surface area contributed by atoms with Gasteiger partial charge in [-0.3, -0.25) is 4.79 Å². The molecule has 1 amide bonds. The number of rotatable bonds is 4. The Morgan fingerprint density at radius 1 is 1.40 bits per heavy atom. The van der Waals surface area contributed by atoms with Gasteiger partial charge in [-0.25, -0.2) is 0 Å². The molecule has 108 valence electrons. The number of carbonyl (C=O) groups excluding carboxylic acids is 1. The largest absolute Gasteiger partial charge is 0.496 e. The monoisotopic (exact) mass is 274 g/mol. The molecule has 0 saturated carbocycles. The van der Waals surface area contributed by atoms with Crippen LogP contribution in [0.25, 0.3) is 0 Å². The Labute approximate surface area is 120 Å². The van der Waals surface area contributed by atoms with Crippen molar-refractivity contribution in [2.24, 2.45) is 5.92 Å². The number of hydrogen-bond donors (Lipinski definition) is 1. The third-order valence-electron chi connectivity index (χ3n) is 4.59. The Kier molecular flexibility index (Phi) is 3.66. The lowest BCUT2D eigenvalue weighted by atomic mass is 9.88. The molecule has 20 heavy (non-hydrogen) atoms. The topological polar surface area (TPSA) is 41.6 Å². The molecular weight excluding hydrogens is 252 g/mol. The van der Waals surface area contributed by atoms with Gasteiger partial charge in [-0.05, 0) is 25.3 Å². The van der Waals surface area contributed by atoms with Crippen LogP contribution in [-0.4, -0.2) is 37.0 Å². The Morgan fingerprint density at radius 2 is 2.20 bits per heavy atom. The highest BCUT2D eigenvalue weighted by molar-refractivity contribution is 5.80. The summed E-state index contributed by atoms with van der Waals surface area (Å²) < 4.78 is 5.35. The van der Waals surface area contributed by atoms with Gasteiger partial charge in [0.1, 0.15) is 5.75 Å². The molecule has 0 aliphatic carbocycles. The number of nitrogens with zero attached hydrogens (tertiary/aromatic N) is 1. The molecule has 3 unspecified atom stereocenters. The molecule has 0 radical (unpaired) electrons. The van der Waals surface area contributed by atoms with Gasteiger partial charge in [-0.15, -0.1) is 0 Å². The first-order chi connectivity index (χ1) is 9.69. The van der Waals surface area contributed by atoms with Crippen LogP contribution in [0.3, 0.4) is 0 Å². The summed E-state index contributed by atoms with van der Waals surface area (Å²) in [5, 5.41) is 3.53. The number of carbonyl (C=O) groups is 1. The highest BCUT2D eigenvalue weighted by Crippen LogP contribution is 2.34. The fraction of sp³-hybridized carbons (Fsp3) is 0.562. The van der Waals surface area contributed by atoms with Gasteiger partial charge in [0.2, 0.25) is 5.91 Å². The number of benzene rings is 1. The molecule has 1 aromatic carbocycles. The van der Waals surface area contributed by atoms with Gasteiger partial charge < -0.3 is 15.0 Å². The average molecular weight is 274 g/mol. The Hall–Kier alpha value is -1.55. The Balaban J connectivity index is 1.67. The molecule has 4 heteroatoms. The molecular formula is C16H22N2O2. The number of ether oxygens (including phenoxy) is 1.